The highest BCUT2D eigenvalue weighted by Crippen LogP contribution is 2.25. The van der Waals surface area contributed by atoms with Gasteiger partial charge >= 0.3 is 5.97 Å². The van der Waals surface area contributed by atoms with Crippen molar-refractivity contribution in [3.63, 3.8) is 0 Å². The molecular formula is C15H13ClO2. The van der Waals surface area contributed by atoms with Crippen LogP contribution in [0.1, 0.15) is 17.3 Å². The van der Waals surface area contributed by atoms with Crippen LogP contribution >= 0.6 is 11.6 Å². The lowest BCUT2D eigenvalue weighted by atomic mass is 10.0. The fourth-order valence-corrected chi connectivity index (χ4v) is 1.95. The van der Waals surface area contributed by atoms with Crippen molar-refractivity contribution in [3.8, 4) is 11.1 Å². The maximum Gasteiger partial charge on any atom is 0.338 e. The summed E-state index contributed by atoms with van der Waals surface area (Å²) in [6.07, 6.45) is 0. The molecule has 0 spiro atoms. The molecule has 0 amide bonds. The Morgan fingerprint density at radius 2 is 1.83 bits per heavy atom. The van der Waals surface area contributed by atoms with Gasteiger partial charge < -0.3 is 4.74 Å². The molecule has 0 aliphatic heterocycles. The molecule has 0 aliphatic carbocycles. The zero-order valence-corrected chi connectivity index (χ0v) is 10.8. The third kappa shape index (κ3) is 2.90. The lowest BCUT2D eigenvalue weighted by Gasteiger charge is -2.06. The van der Waals surface area contributed by atoms with Crippen LogP contribution in [0.3, 0.4) is 0 Å². The molecule has 0 atom stereocenters. The fourth-order valence-electron chi connectivity index (χ4n) is 1.72. The first kappa shape index (κ1) is 12.7. The molecule has 2 nitrogen and oxygen atoms in total. The van der Waals surface area contributed by atoms with Crippen molar-refractivity contribution in [1.29, 1.82) is 0 Å². The van der Waals surface area contributed by atoms with Gasteiger partial charge in [-0.15, -0.1) is 0 Å². The van der Waals surface area contributed by atoms with E-state index >= 15 is 0 Å². The van der Waals surface area contributed by atoms with E-state index in [2.05, 4.69) is 0 Å². The molecule has 2 aromatic carbocycles. The maximum absolute atomic E-state index is 11.7. The van der Waals surface area contributed by atoms with Crippen molar-refractivity contribution in [2.45, 2.75) is 6.92 Å². The Balaban J connectivity index is 2.41. The molecule has 0 fully saturated rings. The third-order valence-electron chi connectivity index (χ3n) is 2.52. The summed E-state index contributed by atoms with van der Waals surface area (Å²) >= 11 is 6.04. The van der Waals surface area contributed by atoms with Crippen LogP contribution in [0, 0.1) is 0 Å². The predicted molar refractivity (Wildman–Crippen MR) is 72.8 cm³/mol. The molecule has 92 valence electrons. The van der Waals surface area contributed by atoms with E-state index in [0.717, 1.165) is 11.1 Å². The van der Waals surface area contributed by atoms with Crippen LogP contribution in [0.4, 0.5) is 0 Å². The zero-order valence-electron chi connectivity index (χ0n) is 10.0. The quantitative estimate of drug-likeness (QED) is 0.774. The number of halogens is 1. The summed E-state index contributed by atoms with van der Waals surface area (Å²) < 4.78 is 4.98. The molecule has 0 unspecified atom stereocenters. The molecular weight excluding hydrogens is 248 g/mol. The van der Waals surface area contributed by atoms with E-state index in [4.69, 9.17) is 16.3 Å². The normalized spacial score (nSPS) is 10.1. The first-order valence-electron chi connectivity index (χ1n) is 5.74. The standard InChI is InChI=1S/C15H13ClO2/c1-2-18-15(17)13-8-12(9-14(16)10-13)11-6-4-3-5-7-11/h3-10H,2H2,1H3. The maximum atomic E-state index is 11.7. The second-order valence-electron chi connectivity index (χ2n) is 3.82. The van der Waals surface area contributed by atoms with Crippen LogP contribution < -0.4 is 0 Å². The van der Waals surface area contributed by atoms with Crippen molar-refractivity contribution in [1.82, 2.24) is 0 Å². The SMILES string of the molecule is CCOC(=O)c1cc(Cl)cc(-c2ccccc2)c1. The van der Waals surface area contributed by atoms with Crippen LogP contribution in [0.2, 0.25) is 5.02 Å². The number of ether oxygens (including phenoxy) is 1. The second kappa shape index (κ2) is 5.69. The zero-order chi connectivity index (χ0) is 13.0. The molecule has 0 radical (unpaired) electrons. The Bertz CT molecular complexity index is 550. The van der Waals surface area contributed by atoms with Gasteiger partial charge in [-0.2, -0.15) is 0 Å². The van der Waals surface area contributed by atoms with Gasteiger partial charge in [0, 0.05) is 5.02 Å². The Labute approximate surface area is 111 Å². The van der Waals surface area contributed by atoms with Crippen molar-refractivity contribution in [3.05, 3.63) is 59.1 Å². The van der Waals surface area contributed by atoms with Crippen molar-refractivity contribution in [2.24, 2.45) is 0 Å². The van der Waals surface area contributed by atoms with E-state index in [1.807, 2.05) is 36.4 Å². The number of carbonyl (C=O) groups is 1. The Morgan fingerprint density at radius 1 is 1.11 bits per heavy atom. The molecule has 0 N–H and O–H groups in total. The highest BCUT2D eigenvalue weighted by atomic mass is 35.5. The minimum absolute atomic E-state index is 0.350. The molecule has 0 saturated carbocycles. The smallest absolute Gasteiger partial charge is 0.338 e. The van der Waals surface area contributed by atoms with E-state index in [-0.39, 0.29) is 5.97 Å². The Morgan fingerprint density at radius 3 is 2.50 bits per heavy atom. The number of benzene rings is 2. The van der Waals surface area contributed by atoms with Gasteiger partial charge in [-0.1, -0.05) is 41.9 Å². The van der Waals surface area contributed by atoms with E-state index in [9.17, 15) is 4.79 Å². The molecule has 0 aromatic heterocycles. The van der Waals surface area contributed by atoms with E-state index in [0.29, 0.717) is 17.2 Å². The number of rotatable bonds is 3. The van der Waals surface area contributed by atoms with Crippen molar-refractivity contribution < 1.29 is 9.53 Å². The summed E-state index contributed by atoms with van der Waals surface area (Å²) in [7, 11) is 0. The molecule has 0 bridgehead atoms. The monoisotopic (exact) mass is 260 g/mol. The molecule has 0 aliphatic rings. The van der Waals surface area contributed by atoms with Gasteiger partial charge in [-0.3, -0.25) is 0 Å². The molecule has 0 saturated heterocycles. The minimum Gasteiger partial charge on any atom is -0.462 e. The van der Waals surface area contributed by atoms with Gasteiger partial charge in [0.05, 0.1) is 12.2 Å². The van der Waals surface area contributed by atoms with E-state index in [1.54, 1.807) is 19.1 Å². The van der Waals surface area contributed by atoms with Crippen LogP contribution in [0.25, 0.3) is 11.1 Å². The van der Waals surface area contributed by atoms with Gasteiger partial charge in [-0.25, -0.2) is 4.79 Å². The van der Waals surface area contributed by atoms with E-state index in [1.165, 1.54) is 0 Å². The molecule has 0 heterocycles. The number of carbonyl (C=O) groups excluding carboxylic acids is 1. The van der Waals surface area contributed by atoms with Crippen LogP contribution in [-0.4, -0.2) is 12.6 Å². The summed E-state index contributed by atoms with van der Waals surface area (Å²) in [6, 6.07) is 15.0. The van der Waals surface area contributed by atoms with Gasteiger partial charge in [0.2, 0.25) is 0 Å². The average Bonchev–Trinajstić information content (AvgIpc) is 2.39. The molecule has 3 heteroatoms. The average molecular weight is 261 g/mol. The lowest BCUT2D eigenvalue weighted by molar-refractivity contribution is 0.0526. The van der Waals surface area contributed by atoms with Gasteiger partial charge in [-0.05, 0) is 36.2 Å². The molecule has 2 aromatic rings. The largest absolute Gasteiger partial charge is 0.462 e. The van der Waals surface area contributed by atoms with Crippen molar-refractivity contribution >= 4 is 17.6 Å². The number of hydrogen-bond donors (Lipinski definition) is 0. The highest BCUT2D eigenvalue weighted by Gasteiger charge is 2.09. The molecule has 2 rings (SSSR count). The summed E-state index contributed by atoms with van der Waals surface area (Å²) in [5.41, 5.74) is 2.40. The van der Waals surface area contributed by atoms with Gasteiger partial charge in [0.1, 0.15) is 0 Å². The van der Waals surface area contributed by atoms with Gasteiger partial charge in [0.25, 0.3) is 0 Å². The summed E-state index contributed by atoms with van der Waals surface area (Å²) in [6.45, 7) is 2.13. The topological polar surface area (TPSA) is 26.3 Å². The summed E-state index contributed by atoms with van der Waals surface area (Å²) in [5.74, 6) is -0.350. The Kier molecular flexibility index (Phi) is 4.00. The summed E-state index contributed by atoms with van der Waals surface area (Å²) in [4.78, 5) is 11.7. The first-order chi connectivity index (χ1) is 8.70. The van der Waals surface area contributed by atoms with Crippen molar-refractivity contribution in [2.75, 3.05) is 6.61 Å². The highest BCUT2D eigenvalue weighted by molar-refractivity contribution is 6.31. The van der Waals surface area contributed by atoms with Crippen LogP contribution in [0.15, 0.2) is 48.5 Å². The number of esters is 1. The fraction of sp³-hybridized carbons (Fsp3) is 0.133. The first-order valence-corrected chi connectivity index (χ1v) is 6.11. The number of hydrogen-bond acceptors (Lipinski definition) is 2. The van der Waals surface area contributed by atoms with Gasteiger partial charge in [0.15, 0.2) is 0 Å². The minimum atomic E-state index is -0.350. The third-order valence-corrected chi connectivity index (χ3v) is 2.73. The van der Waals surface area contributed by atoms with Crippen LogP contribution in [-0.2, 0) is 4.74 Å². The predicted octanol–water partition coefficient (Wildman–Crippen LogP) is 4.18. The Hall–Kier alpha value is -1.80. The lowest BCUT2D eigenvalue weighted by Crippen LogP contribution is -2.04. The summed E-state index contributed by atoms with van der Waals surface area (Å²) in [5, 5.41) is 0.527. The van der Waals surface area contributed by atoms with E-state index < -0.39 is 0 Å². The molecule has 18 heavy (non-hydrogen) atoms. The second-order valence-corrected chi connectivity index (χ2v) is 4.25. The van der Waals surface area contributed by atoms with Crippen LogP contribution in [0.5, 0.6) is 0 Å².